The molecule has 0 bridgehead atoms. The van der Waals surface area contributed by atoms with Crippen molar-refractivity contribution in [3.8, 4) is 0 Å². The fourth-order valence-electron chi connectivity index (χ4n) is 1.94. The molecule has 1 aliphatic rings. The van der Waals surface area contributed by atoms with E-state index in [2.05, 4.69) is 26.2 Å². The molecule has 17 heavy (non-hydrogen) atoms. The molecule has 1 aliphatic heterocycles. The third-order valence-corrected chi connectivity index (χ3v) is 2.79. The molecule has 1 heterocycles. The van der Waals surface area contributed by atoms with Crippen molar-refractivity contribution < 1.29 is 9.53 Å². The number of morpholine rings is 1. The van der Waals surface area contributed by atoms with Crippen LogP contribution < -0.4 is 11.2 Å². The Balaban J connectivity index is 2.42. The van der Waals surface area contributed by atoms with Gasteiger partial charge < -0.3 is 10.5 Å². The normalized spacial score (nSPS) is 20.0. The second-order valence-electron chi connectivity index (χ2n) is 5.77. The molecule has 1 amide bonds. The summed E-state index contributed by atoms with van der Waals surface area (Å²) in [6.45, 7) is 9.61. The maximum atomic E-state index is 12.0. The second-order valence-corrected chi connectivity index (χ2v) is 5.77. The van der Waals surface area contributed by atoms with Crippen molar-refractivity contribution >= 4 is 5.91 Å². The van der Waals surface area contributed by atoms with Crippen LogP contribution in [0.5, 0.6) is 0 Å². The number of carbonyl (C=O) groups excluding carboxylic acids is 1. The van der Waals surface area contributed by atoms with Crippen LogP contribution in [0.4, 0.5) is 0 Å². The van der Waals surface area contributed by atoms with E-state index >= 15 is 0 Å². The van der Waals surface area contributed by atoms with E-state index in [1.807, 2.05) is 5.01 Å². The fraction of sp³-hybridized carbons (Fsp3) is 0.917. The summed E-state index contributed by atoms with van der Waals surface area (Å²) < 4.78 is 5.23. The SMILES string of the molecule is CC(C)(C)CC(CN)C(=O)NN1CCOCC1. The number of hydrogen-bond acceptors (Lipinski definition) is 4. The van der Waals surface area contributed by atoms with Gasteiger partial charge in [0, 0.05) is 19.6 Å². The summed E-state index contributed by atoms with van der Waals surface area (Å²) in [5.74, 6) is -0.0813. The quantitative estimate of drug-likeness (QED) is 0.748. The molecule has 1 atom stereocenters. The van der Waals surface area contributed by atoms with E-state index < -0.39 is 0 Å². The molecule has 3 N–H and O–H groups in total. The van der Waals surface area contributed by atoms with Crippen LogP contribution in [0.1, 0.15) is 27.2 Å². The number of nitrogens with one attached hydrogen (secondary N) is 1. The predicted octanol–water partition coefficient (Wildman–Crippen LogP) is 0.361. The van der Waals surface area contributed by atoms with Gasteiger partial charge in [-0.2, -0.15) is 0 Å². The minimum Gasteiger partial charge on any atom is -0.379 e. The molecule has 1 fully saturated rings. The third-order valence-electron chi connectivity index (χ3n) is 2.79. The molecule has 0 aromatic heterocycles. The van der Waals surface area contributed by atoms with Gasteiger partial charge in [-0.1, -0.05) is 20.8 Å². The van der Waals surface area contributed by atoms with Gasteiger partial charge in [-0.25, -0.2) is 5.01 Å². The van der Waals surface area contributed by atoms with E-state index in [-0.39, 0.29) is 17.2 Å². The van der Waals surface area contributed by atoms with Crippen molar-refractivity contribution in [2.75, 3.05) is 32.8 Å². The highest BCUT2D eigenvalue weighted by Crippen LogP contribution is 2.24. The van der Waals surface area contributed by atoms with Gasteiger partial charge in [-0.05, 0) is 11.8 Å². The number of amides is 1. The molecule has 1 rings (SSSR count). The van der Waals surface area contributed by atoms with Gasteiger partial charge in [0.1, 0.15) is 0 Å². The largest absolute Gasteiger partial charge is 0.379 e. The lowest BCUT2D eigenvalue weighted by Crippen LogP contribution is -2.51. The highest BCUT2D eigenvalue weighted by atomic mass is 16.5. The van der Waals surface area contributed by atoms with Gasteiger partial charge in [0.2, 0.25) is 5.91 Å². The predicted molar refractivity (Wildman–Crippen MR) is 67.2 cm³/mol. The minimum atomic E-state index is -0.113. The summed E-state index contributed by atoms with van der Waals surface area (Å²) in [7, 11) is 0. The molecular formula is C12H25N3O2. The maximum Gasteiger partial charge on any atom is 0.238 e. The van der Waals surface area contributed by atoms with Gasteiger partial charge in [0.25, 0.3) is 0 Å². The first kappa shape index (κ1) is 14.4. The Morgan fingerprint density at radius 2 is 2.00 bits per heavy atom. The summed E-state index contributed by atoms with van der Waals surface area (Å²) >= 11 is 0. The van der Waals surface area contributed by atoms with E-state index in [0.29, 0.717) is 19.8 Å². The van der Waals surface area contributed by atoms with Gasteiger partial charge in [-0.15, -0.1) is 0 Å². The molecule has 0 spiro atoms. The zero-order valence-corrected chi connectivity index (χ0v) is 11.2. The Morgan fingerprint density at radius 1 is 1.41 bits per heavy atom. The van der Waals surface area contributed by atoms with Crippen molar-refractivity contribution in [1.29, 1.82) is 0 Å². The molecule has 5 heteroatoms. The lowest BCUT2D eigenvalue weighted by Gasteiger charge is -2.30. The minimum absolute atomic E-state index is 0.0318. The Kier molecular flexibility index (Phi) is 5.36. The molecule has 1 unspecified atom stereocenters. The molecule has 5 nitrogen and oxygen atoms in total. The zero-order valence-electron chi connectivity index (χ0n) is 11.2. The van der Waals surface area contributed by atoms with Gasteiger partial charge in [0.05, 0.1) is 19.1 Å². The molecule has 0 aromatic rings. The maximum absolute atomic E-state index is 12.0. The molecule has 0 aliphatic carbocycles. The van der Waals surface area contributed by atoms with E-state index in [1.54, 1.807) is 0 Å². The monoisotopic (exact) mass is 243 g/mol. The van der Waals surface area contributed by atoms with Crippen LogP contribution >= 0.6 is 0 Å². The van der Waals surface area contributed by atoms with Crippen LogP contribution in [0, 0.1) is 11.3 Å². The Morgan fingerprint density at radius 3 is 2.47 bits per heavy atom. The van der Waals surface area contributed by atoms with Crippen LogP contribution in [-0.4, -0.2) is 43.8 Å². The van der Waals surface area contributed by atoms with Crippen LogP contribution in [0.25, 0.3) is 0 Å². The van der Waals surface area contributed by atoms with E-state index in [9.17, 15) is 4.79 Å². The van der Waals surface area contributed by atoms with Crippen LogP contribution in [0.15, 0.2) is 0 Å². The average molecular weight is 243 g/mol. The Labute approximate surface area is 104 Å². The van der Waals surface area contributed by atoms with Crippen LogP contribution in [-0.2, 0) is 9.53 Å². The van der Waals surface area contributed by atoms with Crippen molar-refractivity contribution in [2.24, 2.45) is 17.1 Å². The summed E-state index contributed by atoms with van der Waals surface area (Å²) in [6.07, 6.45) is 0.805. The highest BCUT2D eigenvalue weighted by molar-refractivity contribution is 5.78. The summed E-state index contributed by atoms with van der Waals surface area (Å²) in [5, 5.41) is 1.91. The number of nitrogens with two attached hydrogens (primary N) is 1. The lowest BCUT2D eigenvalue weighted by atomic mass is 9.84. The molecule has 0 saturated carbocycles. The summed E-state index contributed by atoms with van der Waals surface area (Å²) in [4.78, 5) is 12.0. The summed E-state index contributed by atoms with van der Waals surface area (Å²) in [5.41, 5.74) is 8.73. The standard InChI is InChI=1S/C12H25N3O2/c1-12(2,3)8-10(9-13)11(16)14-15-4-6-17-7-5-15/h10H,4-9,13H2,1-3H3,(H,14,16). The fourth-order valence-corrected chi connectivity index (χ4v) is 1.94. The number of carbonyl (C=O) groups is 1. The number of hydrogen-bond donors (Lipinski definition) is 2. The first-order chi connectivity index (χ1) is 7.92. The molecular weight excluding hydrogens is 218 g/mol. The van der Waals surface area contributed by atoms with Crippen molar-refractivity contribution in [3.63, 3.8) is 0 Å². The molecule has 1 saturated heterocycles. The van der Waals surface area contributed by atoms with E-state index in [4.69, 9.17) is 10.5 Å². The number of hydrazine groups is 1. The molecule has 0 radical (unpaired) electrons. The van der Waals surface area contributed by atoms with Gasteiger partial charge in [-0.3, -0.25) is 10.2 Å². The van der Waals surface area contributed by atoms with E-state index in [1.165, 1.54) is 0 Å². The second kappa shape index (κ2) is 6.33. The smallest absolute Gasteiger partial charge is 0.238 e. The Hall–Kier alpha value is -0.650. The van der Waals surface area contributed by atoms with Crippen LogP contribution in [0.3, 0.4) is 0 Å². The lowest BCUT2D eigenvalue weighted by molar-refractivity contribution is -0.132. The highest BCUT2D eigenvalue weighted by Gasteiger charge is 2.25. The number of nitrogens with zero attached hydrogens (tertiary/aromatic N) is 1. The van der Waals surface area contributed by atoms with Gasteiger partial charge >= 0.3 is 0 Å². The molecule has 0 aromatic carbocycles. The Bertz CT molecular complexity index is 245. The van der Waals surface area contributed by atoms with E-state index in [0.717, 1.165) is 19.5 Å². The van der Waals surface area contributed by atoms with Crippen LogP contribution in [0.2, 0.25) is 0 Å². The van der Waals surface area contributed by atoms with Crippen molar-refractivity contribution in [1.82, 2.24) is 10.4 Å². The zero-order chi connectivity index (χ0) is 12.9. The average Bonchev–Trinajstić information content (AvgIpc) is 2.26. The molecule has 100 valence electrons. The first-order valence-corrected chi connectivity index (χ1v) is 6.25. The van der Waals surface area contributed by atoms with Crippen molar-refractivity contribution in [2.45, 2.75) is 27.2 Å². The van der Waals surface area contributed by atoms with Gasteiger partial charge in [0.15, 0.2) is 0 Å². The number of ether oxygens (including phenoxy) is 1. The topological polar surface area (TPSA) is 67.6 Å². The number of rotatable bonds is 4. The first-order valence-electron chi connectivity index (χ1n) is 6.25. The van der Waals surface area contributed by atoms with Crippen molar-refractivity contribution in [3.05, 3.63) is 0 Å². The third kappa shape index (κ3) is 5.48. The summed E-state index contributed by atoms with van der Waals surface area (Å²) in [6, 6.07) is 0.